The largest absolute Gasteiger partial charge is 0.338 e. The summed E-state index contributed by atoms with van der Waals surface area (Å²) >= 11 is 4.13. The van der Waals surface area contributed by atoms with Gasteiger partial charge in [-0.25, -0.2) is 0 Å². The van der Waals surface area contributed by atoms with Crippen LogP contribution < -0.4 is 0 Å². The summed E-state index contributed by atoms with van der Waals surface area (Å²) in [6, 6.07) is 0. The molecule has 0 fully saturated rings. The minimum absolute atomic E-state index is 1.29. The molecule has 0 heterocycles. The lowest BCUT2D eigenvalue weighted by Crippen LogP contribution is -1.20. The van der Waals surface area contributed by atoms with Crippen molar-refractivity contribution >= 4 is 24.7 Å². The van der Waals surface area contributed by atoms with Crippen LogP contribution in [0.2, 0.25) is 0 Å². The van der Waals surface area contributed by atoms with E-state index in [1.807, 2.05) is 0 Å². The highest BCUT2D eigenvalue weighted by atomic mass is 32.4. The molecule has 0 rings (SSSR count). The molecule has 1 unspecified atom stereocenters. The molecule has 0 aromatic heterocycles. The van der Waals surface area contributed by atoms with Gasteiger partial charge in [-0.2, -0.15) is 0 Å². The second-order valence-corrected chi connectivity index (χ2v) is 2.32. The third kappa shape index (κ3) is 35.0. The molecule has 0 spiro atoms. The van der Waals surface area contributed by atoms with Crippen LogP contribution in [0.3, 0.4) is 0 Å². The van der Waals surface area contributed by atoms with Crippen LogP contribution in [0.5, 0.6) is 0 Å². The SMILES string of the molecule is C=P(O)=S. The first-order valence-electron chi connectivity index (χ1n) is 0.699. The van der Waals surface area contributed by atoms with Crippen molar-refractivity contribution in [2.75, 3.05) is 0 Å². The van der Waals surface area contributed by atoms with Gasteiger partial charge in [0.1, 0.15) is 0 Å². The fraction of sp³-hybridized carbons (Fsp3) is 0. The molecule has 0 aromatic rings. The standard InChI is InChI=1S/CH3OPS/c1-3(2)4/h1H2,(H,2,4). The van der Waals surface area contributed by atoms with Gasteiger partial charge in [0.2, 0.25) is 0 Å². The van der Waals surface area contributed by atoms with Gasteiger partial charge in [0.15, 0.2) is 0 Å². The molecule has 0 amide bonds. The highest BCUT2D eigenvalue weighted by Gasteiger charge is 1.37. The smallest absolute Gasteiger partial charge is 0.0669 e. The van der Waals surface area contributed by atoms with Crippen molar-refractivity contribution in [3.8, 4) is 0 Å². The topological polar surface area (TPSA) is 20.2 Å². The van der Waals surface area contributed by atoms with Crippen LogP contribution in [0, 0.1) is 0 Å². The Morgan fingerprint density at radius 3 is 2.00 bits per heavy atom. The van der Waals surface area contributed by atoms with E-state index in [1.165, 1.54) is 0 Å². The summed E-state index contributed by atoms with van der Waals surface area (Å²) in [6.45, 7) is -1.29. The van der Waals surface area contributed by atoms with Crippen LogP contribution in [0.1, 0.15) is 0 Å². The first-order chi connectivity index (χ1) is 1.73. The average Bonchev–Trinajstić information content (AvgIpc) is 0.811. The summed E-state index contributed by atoms with van der Waals surface area (Å²) in [6.07, 6.45) is 3.07. The first-order valence-corrected chi connectivity index (χ1v) is 3.19. The lowest BCUT2D eigenvalue weighted by atomic mass is 12.0. The zero-order valence-corrected chi connectivity index (χ0v) is 3.72. The Kier molecular flexibility index (Phi) is 1.79. The number of rotatable bonds is 0. The van der Waals surface area contributed by atoms with Gasteiger partial charge in [0, 0.05) is 0 Å². The molecule has 3 heteroatoms. The molecule has 1 N–H and O–H groups in total. The molecule has 4 heavy (non-hydrogen) atoms. The first kappa shape index (κ1) is 4.35. The zero-order valence-electron chi connectivity index (χ0n) is 2.01. The monoisotopic (exact) mass is 94.0 g/mol. The lowest BCUT2D eigenvalue weighted by molar-refractivity contribution is 0.659. The maximum atomic E-state index is 7.82. The van der Waals surface area contributed by atoms with E-state index in [0.717, 1.165) is 0 Å². The second kappa shape index (κ2) is 1.65. The predicted octanol–water partition coefficient (Wildman–Crippen LogP) is 0.269. The quantitative estimate of drug-likeness (QED) is 0.435. The van der Waals surface area contributed by atoms with E-state index in [1.54, 1.807) is 0 Å². The maximum Gasteiger partial charge on any atom is 0.0669 e. The van der Waals surface area contributed by atoms with Gasteiger partial charge in [-0.15, -0.1) is 0 Å². The Morgan fingerprint density at radius 2 is 2.00 bits per heavy atom. The Hall–Kier alpha value is 0.350. The molecule has 0 aliphatic carbocycles. The van der Waals surface area contributed by atoms with Crippen molar-refractivity contribution in [3.63, 3.8) is 0 Å². The highest BCUT2D eigenvalue weighted by Crippen LogP contribution is 1.84. The summed E-state index contributed by atoms with van der Waals surface area (Å²) < 4.78 is 0. The maximum absolute atomic E-state index is 7.82. The van der Waals surface area contributed by atoms with Crippen LogP contribution in [-0.2, 0) is 11.8 Å². The summed E-state index contributed by atoms with van der Waals surface area (Å²) in [5.41, 5.74) is 0. The van der Waals surface area contributed by atoms with Crippen molar-refractivity contribution in [1.29, 1.82) is 0 Å². The molecular weight excluding hydrogens is 91.1 g/mol. The van der Waals surface area contributed by atoms with Crippen LogP contribution in [0.25, 0.3) is 0 Å². The Labute approximate surface area is 30.4 Å². The van der Waals surface area contributed by atoms with Crippen molar-refractivity contribution in [2.24, 2.45) is 0 Å². The normalized spacial score (nSPS) is 10.8. The summed E-state index contributed by atoms with van der Waals surface area (Å²) in [5.74, 6) is 0. The van der Waals surface area contributed by atoms with Gasteiger partial charge in [0.25, 0.3) is 0 Å². The number of hydrogen-bond donors (Lipinski definition) is 1. The minimum Gasteiger partial charge on any atom is -0.338 e. The highest BCUT2D eigenvalue weighted by molar-refractivity contribution is 8.01. The van der Waals surface area contributed by atoms with E-state index in [0.29, 0.717) is 0 Å². The van der Waals surface area contributed by atoms with Gasteiger partial charge in [-0.3, -0.25) is 0 Å². The van der Waals surface area contributed by atoms with Gasteiger partial charge in [0.05, 0.1) is 6.55 Å². The van der Waals surface area contributed by atoms with Crippen LogP contribution >= 0.6 is 6.55 Å². The van der Waals surface area contributed by atoms with E-state index in [4.69, 9.17) is 4.89 Å². The molecule has 0 aromatic carbocycles. The van der Waals surface area contributed by atoms with E-state index in [2.05, 4.69) is 18.1 Å². The third-order valence-electron chi connectivity index (χ3n) is 0. The lowest BCUT2D eigenvalue weighted by Gasteiger charge is -1.49. The molecule has 0 saturated heterocycles. The fourth-order valence-corrected chi connectivity index (χ4v) is 0. The molecule has 24 valence electrons. The van der Waals surface area contributed by atoms with Crippen molar-refractivity contribution in [1.82, 2.24) is 0 Å². The van der Waals surface area contributed by atoms with E-state index in [9.17, 15) is 0 Å². The second-order valence-electron chi connectivity index (χ2n) is 0.352. The van der Waals surface area contributed by atoms with E-state index < -0.39 is 6.55 Å². The molecule has 0 saturated carbocycles. The molecule has 0 radical (unpaired) electrons. The Balaban J connectivity index is 3.51. The Bertz CT molecular complexity index is 56.4. The van der Waals surface area contributed by atoms with E-state index in [-0.39, 0.29) is 0 Å². The Morgan fingerprint density at radius 1 is 2.00 bits per heavy atom. The third-order valence-corrected chi connectivity index (χ3v) is 0. The van der Waals surface area contributed by atoms with Crippen molar-refractivity contribution < 1.29 is 4.89 Å². The molecular formula is CH3OPS. The molecule has 0 aliphatic rings. The molecule has 0 bridgehead atoms. The molecule has 0 aliphatic heterocycles. The van der Waals surface area contributed by atoms with Gasteiger partial charge >= 0.3 is 0 Å². The van der Waals surface area contributed by atoms with Crippen LogP contribution in [0.4, 0.5) is 0 Å². The number of hydrogen-bond acceptors (Lipinski definition) is 1. The summed E-state index contributed by atoms with van der Waals surface area (Å²) in [4.78, 5) is 7.82. The van der Waals surface area contributed by atoms with Crippen LogP contribution in [0.15, 0.2) is 0 Å². The molecule has 1 nitrogen and oxygen atoms in total. The fourth-order valence-electron chi connectivity index (χ4n) is 0. The van der Waals surface area contributed by atoms with Crippen LogP contribution in [-0.4, -0.2) is 11.2 Å². The average molecular weight is 94.1 g/mol. The zero-order chi connectivity index (χ0) is 3.58. The summed E-state index contributed by atoms with van der Waals surface area (Å²) in [7, 11) is 0. The van der Waals surface area contributed by atoms with Crippen molar-refractivity contribution in [2.45, 2.75) is 0 Å². The van der Waals surface area contributed by atoms with Gasteiger partial charge < -0.3 is 4.89 Å². The molecule has 1 atom stereocenters. The van der Waals surface area contributed by atoms with Gasteiger partial charge in [-0.05, 0) is 18.1 Å². The van der Waals surface area contributed by atoms with Crippen molar-refractivity contribution in [3.05, 3.63) is 0 Å². The summed E-state index contributed by atoms with van der Waals surface area (Å²) in [5, 5.41) is 0. The minimum atomic E-state index is -1.29. The van der Waals surface area contributed by atoms with E-state index >= 15 is 0 Å². The predicted molar refractivity (Wildman–Crippen MR) is 23.6 cm³/mol. The van der Waals surface area contributed by atoms with Gasteiger partial charge in [-0.1, -0.05) is 0 Å².